The third-order valence-corrected chi connectivity index (χ3v) is 3.25. The minimum Gasteiger partial charge on any atom is -0.393 e. The van der Waals surface area contributed by atoms with Gasteiger partial charge in [-0.1, -0.05) is 15.9 Å². The molecule has 0 heterocycles. The van der Waals surface area contributed by atoms with Crippen LogP contribution in [-0.4, -0.2) is 17.3 Å². The summed E-state index contributed by atoms with van der Waals surface area (Å²) in [4.78, 5) is 0. The van der Waals surface area contributed by atoms with Gasteiger partial charge in [0.05, 0.1) is 11.7 Å². The number of alkyl halides is 3. The summed E-state index contributed by atoms with van der Waals surface area (Å²) in [7, 11) is 0. The van der Waals surface area contributed by atoms with Crippen LogP contribution < -0.4 is 5.32 Å². The molecular weight excluding hydrogens is 299 g/mol. The van der Waals surface area contributed by atoms with E-state index in [1.807, 2.05) is 0 Å². The number of hydrogen-bond donors (Lipinski definition) is 2. The number of rotatable bonds is 2. The summed E-state index contributed by atoms with van der Waals surface area (Å²) in [5.74, 6) is 0. The largest absolute Gasteiger partial charge is 0.418 e. The first kappa shape index (κ1) is 12.7. The number of benzene rings is 1. The lowest BCUT2D eigenvalue weighted by Gasteiger charge is -2.33. The van der Waals surface area contributed by atoms with Crippen LogP contribution in [0.15, 0.2) is 22.7 Å². The van der Waals surface area contributed by atoms with Gasteiger partial charge < -0.3 is 10.4 Å². The molecule has 0 unspecified atom stereocenters. The fourth-order valence-electron chi connectivity index (χ4n) is 1.81. The minimum atomic E-state index is -4.37. The average molecular weight is 310 g/mol. The summed E-state index contributed by atoms with van der Waals surface area (Å²) in [6.45, 7) is 0. The average Bonchev–Trinajstić information content (AvgIpc) is 2.13. The lowest BCUT2D eigenvalue weighted by molar-refractivity contribution is -0.137. The Morgan fingerprint density at radius 2 is 1.94 bits per heavy atom. The number of aliphatic hydroxyl groups excluding tert-OH is 1. The van der Waals surface area contributed by atoms with Crippen LogP contribution in [0.2, 0.25) is 0 Å². The Morgan fingerprint density at radius 1 is 1.29 bits per heavy atom. The molecule has 1 aliphatic carbocycles. The Kier molecular flexibility index (Phi) is 3.36. The maximum atomic E-state index is 12.7. The monoisotopic (exact) mass is 309 g/mol. The highest BCUT2D eigenvalue weighted by Gasteiger charge is 2.35. The van der Waals surface area contributed by atoms with Crippen molar-refractivity contribution in [2.45, 2.75) is 31.2 Å². The topological polar surface area (TPSA) is 32.3 Å². The van der Waals surface area contributed by atoms with E-state index in [2.05, 4.69) is 21.2 Å². The van der Waals surface area contributed by atoms with Gasteiger partial charge in [-0.2, -0.15) is 13.2 Å². The normalized spacial score (nSPS) is 24.3. The van der Waals surface area contributed by atoms with Gasteiger partial charge in [-0.05, 0) is 31.0 Å². The van der Waals surface area contributed by atoms with Crippen molar-refractivity contribution < 1.29 is 18.3 Å². The summed E-state index contributed by atoms with van der Waals surface area (Å²) in [6.07, 6.45) is -3.78. The van der Waals surface area contributed by atoms with E-state index in [1.54, 1.807) is 0 Å². The van der Waals surface area contributed by atoms with Gasteiger partial charge in [0.1, 0.15) is 0 Å². The van der Waals surface area contributed by atoms with Crippen molar-refractivity contribution >= 4 is 21.6 Å². The molecule has 0 bridgehead atoms. The molecule has 0 spiro atoms. The standard InChI is InChI=1S/C11H11BrF3NO/c12-6-1-2-9(11(13,14)15)10(3-6)16-7-4-8(17)5-7/h1-3,7-8,16-17H,4-5H2. The zero-order valence-electron chi connectivity index (χ0n) is 8.76. The predicted octanol–water partition coefficient (Wildman–Crippen LogP) is 3.40. The van der Waals surface area contributed by atoms with Crippen LogP contribution in [0.3, 0.4) is 0 Å². The highest BCUT2D eigenvalue weighted by atomic mass is 79.9. The SMILES string of the molecule is OC1CC(Nc2cc(Br)ccc2C(F)(F)F)C1. The summed E-state index contributed by atoms with van der Waals surface area (Å²) in [5, 5.41) is 11.9. The molecule has 1 saturated carbocycles. The van der Waals surface area contributed by atoms with Gasteiger partial charge >= 0.3 is 6.18 Å². The third-order valence-electron chi connectivity index (χ3n) is 2.76. The van der Waals surface area contributed by atoms with E-state index in [0.29, 0.717) is 17.3 Å². The Labute approximate surface area is 105 Å². The fourth-order valence-corrected chi connectivity index (χ4v) is 2.17. The summed E-state index contributed by atoms with van der Waals surface area (Å²) < 4.78 is 38.8. The van der Waals surface area contributed by atoms with Gasteiger partial charge in [-0.15, -0.1) is 0 Å². The van der Waals surface area contributed by atoms with Crippen molar-refractivity contribution in [2.75, 3.05) is 5.32 Å². The molecule has 0 atom stereocenters. The van der Waals surface area contributed by atoms with Crippen molar-refractivity contribution in [3.8, 4) is 0 Å². The van der Waals surface area contributed by atoms with E-state index in [4.69, 9.17) is 5.11 Å². The molecule has 94 valence electrons. The first-order valence-corrected chi connectivity index (χ1v) is 5.97. The van der Waals surface area contributed by atoms with E-state index >= 15 is 0 Å². The van der Waals surface area contributed by atoms with Crippen molar-refractivity contribution in [1.82, 2.24) is 0 Å². The van der Waals surface area contributed by atoms with Crippen LogP contribution in [-0.2, 0) is 6.18 Å². The molecule has 2 N–H and O–H groups in total. The first-order chi connectivity index (χ1) is 7.86. The number of nitrogens with one attached hydrogen (secondary N) is 1. The zero-order chi connectivity index (χ0) is 12.6. The van der Waals surface area contributed by atoms with Gasteiger partial charge in [0.15, 0.2) is 0 Å². The lowest BCUT2D eigenvalue weighted by atomic mass is 9.89. The lowest BCUT2D eigenvalue weighted by Crippen LogP contribution is -2.39. The molecule has 0 aromatic heterocycles. The summed E-state index contributed by atoms with van der Waals surface area (Å²) >= 11 is 3.15. The van der Waals surface area contributed by atoms with Gasteiger partial charge in [-0.3, -0.25) is 0 Å². The molecule has 0 amide bonds. The van der Waals surface area contributed by atoms with Crippen molar-refractivity contribution in [3.63, 3.8) is 0 Å². The van der Waals surface area contributed by atoms with E-state index in [-0.39, 0.29) is 11.7 Å². The molecule has 17 heavy (non-hydrogen) atoms. The van der Waals surface area contributed by atoms with Gasteiger partial charge in [0.2, 0.25) is 0 Å². The van der Waals surface area contributed by atoms with Crippen molar-refractivity contribution in [1.29, 1.82) is 0 Å². The Hall–Kier alpha value is -0.750. The molecule has 0 radical (unpaired) electrons. The van der Waals surface area contributed by atoms with Crippen LogP contribution >= 0.6 is 15.9 Å². The molecule has 1 fully saturated rings. The number of hydrogen-bond acceptors (Lipinski definition) is 2. The zero-order valence-corrected chi connectivity index (χ0v) is 10.3. The maximum Gasteiger partial charge on any atom is 0.418 e. The van der Waals surface area contributed by atoms with E-state index in [0.717, 1.165) is 6.07 Å². The molecule has 2 rings (SSSR count). The van der Waals surface area contributed by atoms with Crippen molar-refractivity contribution in [2.24, 2.45) is 0 Å². The Balaban J connectivity index is 2.21. The van der Waals surface area contributed by atoms with Crippen LogP contribution in [0, 0.1) is 0 Å². The predicted molar refractivity (Wildman–Crippen MR) is 61.8 cm³/mol. The third kappa shape index (κ3) is 2.93. The molecular formula is C11H11BrF3NO. The second kappa shape index (κ2) is 4.49. The summed E-state index contributed by atoms with van der Waals surface area (Å²) in [6, 6.07) is 3.74. The van der Waals surface area contributed by atoms with E-state index in [1.165, 1.54) is 12.1 Å². The van der Waals surface area contributed by atoms with Crippen LogP contribution in [0.1, 0.15) is 18.4 Å². The van der Waals surface area contributed by atoms with Crippen LogP contribution in [0.4, 0.5) is 18.9 Å². The minimum absolute atomic E-state index is 0.0591. The Bertz CT molecular complexity index is 416. The van der Waals surface area contributed by atoms with Gasteiger partial charge in [0, 0.05) is 16.2 Å². The van der Waals surface area contributed by atoms with Crippen LogP contribution in [0.25, 0.3) is 0 Å². The highest BCUT2D eigenvalue weighted by molar-refractivity contribution is 9.10. The highest BCUT2D eigenvalue weighted by Crippen LogP contribution is 2.37. The molecule has 0 saturated heterocycles. The molecule has 0 aliphatic heterocycles. The number of anilines is 1. The Morgan fingerprint density at radius 3 is 2.47 bits per heavy atom. The van der Waals surface area contributed by atoms with E-state index < -0.39 is 17.8 Å². The maximum absolute atomic E-state index is 12.7. The van der Waals surface area contributed by atoms with Crippen molar-refractivity contribution in [3.05, 3.63) is 28.2 Å². The van der Waals surface area contributed by atoms with Gasteiger partial charge in [-0.25, -0.2) is 0 Å². The van der Waals surface area contributed by atoms with E-state index in [9.17, 15) is 13.2 Å². The quantitative estimate of drug-likeness (QED) is 0.877. The molecule has 2 nitrogen and oxygen atoms in total. The van der Waals surface area contributed by atoms with Crippen LogP contribution in [0.5, 0.6) is 0 Å². The molecule has 1 aromatic rings. The van der Waals surface area contributed by atoms with Gasteiger partial charge in [0.25, 0.3) is 0 Å². The molecule has 1 aliphatic rings. The summed E-state index contributed by atoms with van der Waals surface area (Å²) in [5.41, 5.74) is -0.620. The first-order valence-electron chi connectivity index (χ1n) is 5.17. The number of halogens is 4. The number of aliphatic hydroxyl groups is 1. The molecule has 6 heteroatoms. The smallest absolute Gasteiger partial charge is 0.393 e. The second-order valence-corrected chi connectivity index (χ2v) is 5.07. The fraction of sp³-hybridized carbons (Fsp3) is 0.455. The second-order valence-electron chi connectivity index (χ2n) is 4.15. The molecule has 1 aromatic carbocycles.